The molecular weight excluding hydrogens is 240 g/mol. The van der Waals surface area contributed by atoms with Crippen molar-refractivity contribution in [2.24, 2.45) is 0 Å². The molecule has 19 heavy (non-hydrogen) atoms. The van der Waals surface area contributed by atoms with Crippen LogP contribution in [0.5, 0.6) is 0 Å². The number of likely N-dealkylation sites (tertiary alicyclic amines) is 1. The van der Waals surface area contributed by atoms with Crippen molar-refractivity contribution in [3.8, 4) is 6.07 Å². The van der Waals surface area contributed by atoms with Crippen LogP contribution in [0, 0.1) is 11.3 Å². The van der Waals surface area contributed by atoms with E-state index >= 15 is 0 Å². The number of nitriles is 1. The molecule has 0 N–H and O–H groups in total. The van der Waals surface area contributed by atoms with E-state index in [0.717, 1.165) is 24.9 Å². The molecule has 0 aromatic heterocycles. The van der Waals surface area contributed by atoms with Gasteiger partial charge in [0.2, 0.25) is 0 Å². The molecule has 1 fully saturated rings. The molecule has 4 heteroatoms. The van der Waals surface area contributed by atoms with Crippen molar-refractivity contribution in [1.29, 1.82) is 5.26 Å². The first-order chi connectivity index (χ1) is 9.26. The Kier molecular flexibility index (Phi) is 4.53. The van der Waals surface area contributed by atoms with Gasteiger partial charge in [0.25, 0.3) is 0 Å². The first kappa shape index (κ1) is 13.6. The highest BCUT2D eigenvalue weighted by Gasteiger charge is 2.31. The third kappa shape index (κ3) is 3.12. The molecule has 0 aliphatic carbocycles. The highest BCUT2D eigenvalue weighted by Crippen LogP contribution is 2.22. The van der Waals surface area contributed by atoms with Gasteiger partial charge in [0.1, 0.15) is 6.04 Å². The lowest BCUT2D eigenvalue weighted by atomic mass is 10.1. The number of ether oxygens (including phenoxy) is 1. The molecule has 1 saturated heterocycles. The van der Waals surface area contributed by atoms with Crippen molar-refractivity contribution in [2.75, 3.05) is 13.2 Å². The number of nitrogens with zero attached hydrogens (tertiary/aromatic N) is 2. The largest absolute Gasteiger partial charge is 0.465 e. The predicted octanol–water partition coefficient (Wildman–Crippen LogP) is 2.09. The molecule has 1 aromatic carbocycles. The van der Waals surface area contributed by atoms with E-state index in [9.17, 15) is 4.79 Å². The van der Waals surface area contributed by atoms with E-state index in [1.807, 2.05) is 31.2 Å². The number of rotatable bonds is 4. The molecule has 2 rings (SSSR count). The average Bonchev–Trinajstić information content (AvgIpc) is 2.88. The second-order valence-electron chi connectivity index (χ2n) is 4.65. The van der Waals surface area contributed by atoms with Gasteiger partial charge in [-0.15, -0.1) is 0 Å². The first-order valence-corrected chi connectivity index (χ1v) is 6.65. The smallest absolute Gasteiger partial charge is 0.323 e. The van der Waals surface area contributed by atoms with E-state index in [1.165, 1.54) is 0 Å². The number of hydrogen-bond acceptors (Lipinski definition) is 4. The lowest BCUT2D eigenvalue weighted by Crippen LogP contribution is -2.37. The van der Waals surface area contributed by atoms with Gasteiger partial charge in [0.05, 0.1) is 18.2 Å². The van der Waals surface area contributed by atoms with E-state index in [0.29, 0.717) is 18.7 Å². The van der Waals surface area contributed by atoms with Crippen LogP contribution in [0.1, 0.15) is 30.9 Å². The van der Waals surface area contributed by atoms with Gasteiger partial charge in [0.15, 0.2) is 0 Å². The van der Waals surface area contributed by atoms with Gasteiger partial charge in [-0.05, 0) is 37.9 Å². The number of hydrogen-bond donors (Lipinski definition) is 0. The zero-order valence-corrected chi connectivity index (χ0v) is 11.1. The van der Waals surface area contributed by atoms with E-state index in [4.69, 9.17) is 10.00 Å². The van der Waals surface area contributed by atoms with E-state index in [1.54, 1.807) is 0 Å². The Balaban J connectivity index is 2.09. The monoisotopic (exact) mass is 258 g/mol. The summed E-state index contributed by atoms with van der Waals surface area (Å²) in [5.74, 6) is -0.144. The van der Waals surface area contributed by atoms with Crippen LogP contribution >= 0.6 is 0 Å². The van der Waals surface area contributed by atoms with Gasteiger partial charge in [-0.2, -0.15) is 5.26 Å². The Morgan fingerprint density at radius 3 is 3.05 bits per heavy atom. The number of carbonyl (C=O) groups is 1. The quantitative estimate of drug-likeness (QED) is 0.776. The van der Waals surface area contributed by atoms with Crippen molar-refractivity contribution >= 4 is 5.97 Å². The molecule has 1 aromatic rings. The summed E-state index contributed by atoms with van der Waals surface area (Å²) in [5, 5.41) is 9.09. The van der Waals surface area contributed by atoms with E-state index in [2.05, 4.69) is 11.0 Å². The topological polar surface area (TPSA) is 53.3 Å². The molecule has 100 valence electrons. The zero-order valence-electron chi connectivity index (χ0n) is 11.1. The molecule has 0 saturated carbocycles. The highest BCUT2D eigenvalue weighted by molar-refractivity contribution is 5.76. The minimum absolute atomic E-state index is 0.144. The average molecular weight is 258 g/mol. The fraction of sp³-hybridized carbons (Fsp3) is 0.467. The Morgan fingerprint density at radius 2 is 2.32 bits per heavy atom. The van der Waals surface area contributed by atoms with Crippen molar-refractivity contribution < 1.29 is 9.53 Å². The van der Waals surface area contributed by atoms with E-state index in [-0.39, 0.29) is 12.0 Å². The minimum atomic E-state index is -0.160. The summed E-state index contributed by atoms with van der Waals surface area (Å²) >= 11 is 0. The Bertz CT molecular complexity index is 493. The predicted molar refractivity (Wildman–Crippen MR) is 71.2 cm³/mol. The van der Waals surface area contributed by atoms with Crippen LogP contribution in [0.4, 0.5) is 0 Å². The van der Waals surface area contributed by atoms with Gasteiger partial charge < -0.3 is 4.74 Å². The molecule has 0 bridgehead atoms. The van der Waals surface area contributed by atoms with Crippen molar-refractivity contribution in [3.63, 3.8) is 0 Å². The van der Waals surface area contributed by atoms with Crippen LogP contribution in [0.15, 0.2) is 24.3 Å². The Hall–Kier alpha value is -1.86. The minimum Gasteiger partial charge on any atom is -0.465 e. The lowest BCUT2D eigenvalue weighted by molar-refractivity contribution is -0.148. The Morgan fingerprint density at radius 1 is 1.53 bits per heavy atom. The summed E-state index contributed by atoms with van der Waals surface area (Å²) in [7, 11) is 0. The maximum Gasteiger partial charge on any atom is 0.323 e. The fourth-order valence-corrected chi connectivity index (χ4v) is 2.51. The maximum atomic E-state index is 11.9. The number of carbonyl (C=O) groups excluding carboxylic acids is 1. The lowest BCUT2D eigenvalue weighted by Gasteiger charge is -2.23. The van der Waals surface area contributed by atoms with Crippen molar-refractivity contribution in [3.05, 3.63) is 35.4 Å². The molecule has 4 nitrogen and oxygen atoms in total. The van der Waals surface area contributed by atoms with Crippen LogP contribution in [0.25, 0.3) is 0 Å². The fourth-order valence-electron chi connectivity index (χ4n) is 2.51. The Labute approximate surface area is 113 Å². The molecule has 1 unspecified atom stereocenters. The molecular formula is C15H18N2O2. The standard InChI is InChI=1S/C15H18N2O2/c1-2-19-15(18)14-8-5-9-17(14)11-13-7-4-3-6-12(13)10-16/h3-4,6-7,14H,2,5,8-9,11H2,1H3. The molecule has 1 heterocycles. The van der Waals surface area contributed by atoms with Crippen LogP contribution in [0.2, 0.25) is 0 Å². The van der Waals surface area contributed by atoms with Gasteiger partial charge >= 0.3 is 5.97 Å². The SMILES string of the molecule is CCOC(=O)C1CCCN1Cc1ccccc1C#N. The molecule has 1 aliphatic rings. The van der Waals surface area contributed by atoms with Gasteiger partial charge in [-0.25, -0.2) is 0 Å². The molecule has 0 amide bonds. The van der Waals surface area contributed by atoms with Crippen LogP contribution in [-0.4, -0.2) is 30.1 Å². The van der Waals surface area contributed by atoms with Crippen molar-refractivity contribution in [1.82, 2.24) is 4.90 Å². The van der Waals surface area contributed by atoms with Crippen molar-refractivity contribution in [2.45, 2.75) is 32.4 Å². The molecule has 0 radical (unpaired) electrons. The highest BCUT2D eigenvalue weighted by atomic mass is 16.5. The number of esters is 1. The second kappa shape index (κ2) is 6.35. The summed E-state index contributed by atoms with van der Waals surface area (Å²) in [5.41, 5.74) is 1.65. The molecule has 1 aliphatic heterocycles. The summed E-state index contributed by atoms with van der Waals surface area (Å²) in [6, 6.07) is 9.57. The van der Waals surface area contributed by atoms with Gasteiger partial charge in [-0.1, -0.05) is 18.2 Å². The second-order valence-corrected chi connectivity index (χ2v) is 4.65. The summed E-state index contributed by atoms with van der Waals surface area (Å²) in [6.45, 7) is 3.75. The normalized spacial score (nSPS) is 19.1. The molecule has 1 atom stereocenters. The number of benzene rings is 1. The zero-order chi connectivity index (χ0) is 13.7. The third-order valence-corrected chi connectivity index (χ3v) is 3.43. The summed E-state index contributed by atoms with van der Waals surface area (Å²) < 4.78 is 5.10. The maximum absolute atomic E-state index is 11.9. The van der Waals surface area contributed by atoms with E-state index < -0.39 is 0 Å². The first-order valence-electron chi connectivity index (χ1n) is 6.65. The third-order valence-electron chi connectivity index (χ3n) is 3.43. The van der Waals surface area contributed by atoms with Gasteiger partial charge in [0, 0.05) is 6.54 Å². The van der Waals surface area contributed by atoms with Gasteiger partial charge in [-0.3, -0.25) is 9.69 Å². The summed E-state index contributed by atoms with van der Waals surface area (Å²) in [6.07, 6.45) is 1.84. The molecule has 0 spiro atoms. The van der Waals surface area contributed by atoms with Crippen LogP contribution in [0.3, 0.4) is 0 Å². The van der Waals surface area contributed by atoms with Crippen LogP contribution < -0.4 is 0 Å². The summed E-state index contributed by atoms with van der Waals surface area (Å²) in [4.78, 5) is 14.0. The van der Waals surface area contributed by atoms with Crippen LogP contribution in [-0.2, 0) is 16.1 Å².